The average Bonchev–Trinajstić information content (AvgIpc) is 2.72. The van der Waals surface area contributed by atoms with Gasteiger partial charge in [0.05, 0.1) is 13.0 Å². The van der Waals surface area contributed by atoms with Gasteiger partial charge in [0, 0.05) is 13.0 Å². The number of hydrogen-bond acceptors (Lipinski definition) is 4. The molecule has 0 radical (unpaired) electrons. The fourth-order valence-corrected chi connectivity index (χ4v) is 3.51. The van der Waals surface area contributed by atoms with Crippen LogP contribution in [0, 0.1) is 0 Å². The average molecular weight is 433 g/mol. The van der Waals surface area contributed by atoms with Gasteiger partial charge in [0.25, 0.3) is 0 Å². The van der Waals surface area contributed by atoms with Gasteiger partial charge in [0.1, 0.15) is 5.75 Å². The molecule has 0 atom stereocenters. The number of para-hydroxylation sites is 1. The van der Waals surface area contributed by atoms with Gasteiger partial charge in [-0.1, -0.05) is 72.6 Å². The number of aliphatic imine (C=N–C) groups is 1. The minimum Gasteiger partial charge on any atom is -0.481 e. The summed E-state index contributed by atoms with van der Waals surface area (Å²) in [5.74, 6) is 1.18. The summed E-state index contributed by atoms with van der Waals surface area (Å²) in [6.07, 6.45) is 5.08. The maximum Gasteiger partial charge on any atom is 0.303 e. The number of aliphatic carboxylic acids is 1. The zero-order valence-corrected chi connectivity index (χ0v) is 20.6. The van der Waals surface area contributed by atoms with Gasteiger partial charge in [-0.25, -0.2) is 0 Å². The fraction of sp³-hybridized carbons (Fsp3) is 0.692. The predicted molar refractivity (Wildman–Crippen MR) is 131 cm³/mol. The molecule has 0 amide bonds. The molecular weight excluding hydrogens is 388 g/mol. The van der Waals surface area contributed by atoms with E-state index in [-0.39, 0.29) is 6.42 Å². The maximum atomic E-state index is 11.2. The first kappa shape index (κ1) is 27.2. The Morgan fingerprint density at radius 3 is 1.97 bits per heavy atom. The van der Waals surface area contributed by atoms with E-state index in [0.717, 1.165) is 36.5 Å². The van der Waals surface area contributed by atoms with Crippen LogP contribution < -0.4 is 4.74 Å². The van der Waals surface area contributed by atoms with Crippen molar-refractivity contribution in [3.63, 3.8) is 0 Å². The quantitative estimate of drug-likeness (QED) is 0.254. The monoisotopic (exact) mass is 432 g/mol. The molecule has 176 valence electrons. The minimum atomic E-state index is -0.829. The molecule has 31 heavy (non-hydrogen) atoms. The predicted octanol–water partition coefficient (Wildman–Crippen LogP) is 6.48. The first-order chi connectivity index (χ1) is 14.8. The number of hydrogen-bond donors (Lipinski definition) is 1. The number of benzene rings is 1. The van der Waals surface area contributed by atoms with E-state index in [2.05, 4.69) is 64.6 Å². The number of nitrogens with zero attached hydrogens (tertiary/aromatic N) is 2. The lowest BCUT2D eigenvalue weighted by atomic mass is 9.94. The van der Waals surface area contributed by atoms with Gasteiger partial charge >= 0.3 is 5.97 Å². The summed E-state index contributed by atoms with van der Waals surface area (Å²) in [5.41, 5.74) is 2.28. The molecule has 0 bridgehead atoms. The Morgan fingerprint density at radius 1 is 0.968 bits per heavy atom. The summed E-state index contributed by atoms with van der Waals surface area (Å²) in [5, 5.41) is 9.20. The molecule has 1 rings (SSSR count). The molecular formula is C26H44N2O3. The van der Waals surface area contributed by atoms with Crippen LogP contribution in [0.3, 0.4) is 0 Å². The van der Waals surface area contributed by atoms with Crippen molar-refractivity contribution < 1.29 is 14.6 Å². The van der Waals surface area contributed by atoms with E-state index in [1.165, 1.54) is 25.7 Å². The van der Waals surface area contributed by atoms with Crippen LogP contribution in [-0.2, 0) is 4.79 Å². The van der Waals surface area contributed by atoms with Crippen molar-refractivity contribution in [1.82, 2.24) is 4.90 Å². The second-order valence-corrected chi connectivity index (χ2v) is 8.89. The molecule has 1 N–H and O–H groups in total. The van der Waals surface area contributed by atoms with Crippen molar-refractivity contribution in [2.75, 3.05) is 26.2 Å². The van der Waals surface area contributed by atoms with Crippen molar-refractivity contribution in [3.05, 3.63) is 29.3 Å². The third-order valence-electron chi connectivity index (χ3n) is 5.45. The molecule has 0 aliphatic carbocycles. The van der Waals surface area contributed by atoms with Gasteiger partial charge in [0.15, 0.2) is 5.90 Å². The summed E-state index contributed by atoms with van der Waals surface area (Å²) in [6, 6.07) is 6.26. The number of carboxylic acid groups (broad SMARTS) is 1. The van der Waals surface area contributed by atoms with E-state index in [0.29, 0.717) is 30.7 Å². The summed E-state index contributed by atoms with van der Waals surface area (Å²) < 4.78 is 6.36. The molecule has 0 spiro atoms. The van der Waals surface area contributed by atoms with Crippen LogP contribution >= 0.6 is 0 Å². The highest BCUT2D eigenvalue weighted by Gasteiger charge is 2.18. The number of ether oxygens (including phenoxy) is 1. The van der Waals surface area contributed by atoms with E-state index < -0.39 is 5.97 Å². The molecule has 5 nitrogen and oxygen atoms in total. The third-order valence-corrected chi connectivity index (χ3v) is 5.45. The van der Waals surface area contributed by atoms with Crippen LogP contribution in [0.15, 0.2) is 23.2 Å². The van der Waals surface area contributed by atoms with Crippen LogP contribution in [0.4, 0.5) is 0 Å². The number of carboxylic acids is 1. The van der Waals surface area contributed by atoms with E-state index in [1.54, 1.807) is 0 Å². The summed E-state index contributed by atoms with van der Waals surface area (Å²) in [7, 11) is 0. The van der Waals surface area contributed by atoms with Crippen molar-refractivity contribution in [3.8, 4) is 5.75 Å². The van der Waals surface area contributed by atoms with Crippen LogP contribution in [-0.4, -0.2) is 48.1 Å². The molecule has 0 saturated carbocycles. The molecule has 0 aliphatic rings. The lowest BCUT2D eigenvalue weighted by molar-refractivity contribution is -0.136. The molecule has 0 unspecified atom stereocenters. The second-order valence-electron chi connectivity index (χ2n) is 8.89. The molecule has 1 aromatic carbocycles. The zero-order valence-electron chi connectivity index (χ0n) is 20.6. The standard InChI is InChI=1S/C26H44N2O3/c1-7-9-17-28(18-10-8-2)19-16-27-24(14-15-25(29)30)31-26-22(20(3)4)12-11-13-23(26)21(5)6/h11-13,20-21H,7-10,14-19H2,1-6H3,(H,29,30). The largest absolute Gasteiger partial charge is 0.481 e. The Morgan fingerprint density at radius 2 is 1.52 bits per heavy atom. The zero-order chi connectivity index (χ0) is 23.2. The van der Waals surface area contributed by atoms with Crippen molar-refractivity contribution >= 4 is 11.9 Å². The molecule has 0 fully saturated rings. The normalized spacial score (nSPS) is 12.2. The SMILES string of the molecule is CCCCN(CCCC)CCN=C(CCC(=O)O)Oc1c(C(C)C)cccc1C(C)C. The maximum absolute atomic E-state index is 11.2. The molecule has 1 aromatic rings. The van der Waals surface area contributed by atoms with Gasteiger partial charge in [-0.05, 0) is 48.9 Å². The molecule has 0 aromatic heterocycles. The highest BCUT2D eigenvalue weighted by Crippen LogP contribution is 2.34. The molecule has 0 heterocycles. The smallest absolute Gasteiger partial charge is 0.303 e. The first-order valence-corrected chi connectivity index (χ1v) is 12.1. The van der Waals surface area contributed by atoms with E-state index in [4.69, 9.17) is 9.73 Å². The Labute approximate surface area is 189 Å². The van der Waals surface area contributed by atoms with E-state index >= 15 is 0 Å². The van der Waals surface area contributed by atoms with Crippen LogP contribution in [0.25, 0.3) is 0 Å². The van der Waals surface area contributed by atoms with Crippen molar-refractivity contribution in [2.45, 2.75) is 91.9 Å². The number of carbonyl (C=O) groups is 1. The third kappa shape index (κ3) is 10.3. The van der Waals surface area contributed by atoms with Gasteiger partial charge in [-0.15, -0.1) is 0 Å². The molecule has 5 heteroatoms. The van der Waals surface area contributed by atoms with Crippen LogP contribution in [0.2, 0.25) is 0 Å². The lowest BCUT2D eigenvalue weighted by Crippen LogP contribution is -2.29. The first-order valence-electron chi connectivity index (χ1n) is 12.1. The summed E-state index contributed by atoms with van der Waals surface area (Å²) >= 11 is 0. The second kappa shape index (κ2) is 15.0. The lowest BCUT2D eigenvalue weighted by Gasteiger charge is -2.22. The van der Waals surface area contributed by atoms with E-state index in [1.807, 2.05) is 0 Å². The fourth-order valence-electron chi connectivity index (χ4n) is 3.51. The minimum absolute atomic E-state index is 0.0229. The Bertz CT molecular complexity index is 649. The Hall–Kier alpha value is -1.88. The molecule has 0 aliphatic heterocycles. The number of unbranched alkanes of at least 4 members (excludes halogenated alkanes) is 2. The topological polar surface area (TPSA) is 62.1 Å². The Kier molecular flexibility index (Phi) is 13.1. The summed E-state index contributed by atoms with van der Waals surface area (Å²) in [6.45, 7) is 16.7. The Balaban J connectivity index is 3.05. The van der Waals surface area contributed by atoms with Crippen molar-refractivity contribution in [1.29, 1.82) is 0 Å². The van der Waals surface area contributed by atoms with Gasteiger partial charge in [0.2, 0.25) is 0 Å². The highest BCUT2D eigenvalue weighted by molar-refractivity contribution is 5.83. The van der Waals surface area contributed by atoms with Crippen LogP contribution in [0.1, 0.15) is 103 Å². The van der Waals surface area contributed by atoms with E-state index in [9.17, 15) is 9.90 Å². The van der Waals surface area contributed by atoms with Crippen molar-refractivity contribution in [2.24, 2.45) is 4.99 Å². The molecule has 0 saturated heterocycles. The van der Waals surface area contributed by atoms with Gasteiger partial charge < -0.3 is 14.7 Å². The van der Waals surface area contributed by atoms with Gasteiger partial charge in [-0.3, -0.25) is 9.79 Å². The van der Waals surface area contributed by atoms with Crippen LogP contribution in [0.5, 0.6) is 5.75 Å². The van der Waals surface area contributed by atoms with Gasteiger partial charge in [-0.2, -0.15) is 0 Å². The summed E-state index contributed by atoms with van der Waals surface area (Å²) in [4.78, 5) is 18.4. The number of rotatable bonds is 15. The highest BCUT2D eigenvalue weighted by atomic mass is 16.5.